The molecule has 0 radical (unpaired) electrons. The number of fused-ring (bicyclic) bond motifs is 4. The zero-order chi connectivity index (χ0) is 31.5. The largest absolute Gasteiger partial charge is 0.477 e. The molecule has 2 N–H and O–H groups in total. The quantitative estimate of drug-likeness (QED) is 0.381. The number of carboxylic acids is 1. The molecule has 242 valence electrons. The SMILES string of the molecule is C.C[C@@H]1[C@H]2C[C@@H]3C[C@H](C2)[C@@H]1N(C(=O)c1ccc(F)cn1)C3.C[C@@H]1[C@H]2C[C@H]3CN[C@H]1[C@H](C3)C2.O=C(O)c1ccc(F)cn1.[2H]CC. The first-order chi connectivity index (χ1) is 21.1. The van der Waals surface area contributed by atoms with Crippen LogP contribution in [0.4, 0.5) is 8.78 Å². The number of amides is 1. The summed E-state index contributed by atoms with van der Waals surface area (Å²) in [5.74, 6) is 4.78. The van der Waals surface area contributed by atoms with Crippen LogP contribution in [0.15, 0.2) is 36.7 Å². The second-order valence-corrected chi connectivity index (χ2v) is 13.3. The molecule has 4 heterocycles. The molecule has 4 aliphatic carbocycles. The molecule has 2 aliphatic heterocycles. The zero-order valence-corrected chi connectivity index (χ0v) is 25.5. The van der Waals surface area contributed by atoms with Gasteiger partial charge < -0.3 is 15.3 Å². The Bertz CT molecular complexity index is 1270. The van der Waals surface area contributed by atoms with Crippen LogP contribution in [0.5, 0.6) is 0 Å². The van der Waals surface area contributed by atoms with Gasteiger partial charge in [-0.1, -0.05) is 35.1 Å². The number of aromatic carboxylic acids is 1. The molecule has 10 atom stereocenters. The van der Waals surface area contributed by atoms with Crippen molar-refractivity contribution in [2.45, 2.75) is 85.7 Å². The molecular formula is C35H50F2N4O3. The Balaban J connectivity index is 0.000000157. The number of rotatable bonds is 2. The minimum absolute atomic E-state index is 0. The van der Waals surface area contributed by atoms with Crippen LogP contribution < -0.4 is 5.32 Å². The molecule has 2 aromatic heterocycles. The molecule has 6 bridgehead atoms. The summed E-state index contributed by atoms with van der Waals surface area (Å²) in [5.41, 5.74) is 0.227. The Hall–Kier alpha value is -2.94. The number of nitrogens with one attached hydrogen (secondary N) is 1. The van der Waals surface area contributed by atoms with E-state index in [-0.39, 0.29) is 19.0 Å². The Morgan fingerprint density at radius 3 is 2.02 bits per heavy atom. The lowest BCUT2D eigenvalue weighted by atomic mass is 9.77. The molecular weight excluding hydrogens is 562 g/mol. The van der Waals surface area contributed by atoms with Gasteiger partial charge in [-0.15, -0.1) is 0 Å². The number of carbonyl (C=O) groups excluding carboxylic acids is 1. The highest BCUT2D eigenvalue weighted by molar-refractivity contribution is 5.92. The van der Waals surface area contributed by atoms with Crippen LogP contribution in [0.2, 0.25) is 0 Å². The van der Waals surface area contributed by atoms with Crippen molar-refractivity contribution in [1.82, 2.24) is 20.2 Å². The maximum Gasteiger partial charge on any atom is 0.354 e. The van der Waals surface area contributed by atoms with E-state index >= 15 is 0 Å². The normalized spacial score (nSPS) is 35.0. The maximum atomic E-state index is 13.0. The minimum Gasteiger partial charge on any atom is -0.477 e. The van der Waals surface area contributed by atoms with Crippen molar-refractivity contribution in [2.75, 3.05) is 13.1 Å². The highest BCUT2D eigenvalue weighted by Gasteiger charge is 2.53. The number of nitrogens with zero attached hydrogens (tertiary/aromatic N) is 3. The fraction of sp³-hybridized carbons (Fsp3) is 0.657. The Labute approximate surface area is 262 Å². The van der Waals surface area contributed by atoms with Crippen molar-refractivity contribution in [2.24, 2.45) is 47.3 Å². The first-order valence-corrected chi connectivity index (χ1v) is 15.9. The van der Waals surface area contributed by atoms with E-state index < -0.39 is 17.6 Å². The Morgan fingerprint density at radius 1 is 0.864 bits per heavy atom. The number of halogens is 2. The number of carboxylic acid groups (broad SMARTS) is 1. The monoisotopic (exact) mass is 613 g/mol. The summed E-state index contributed by atoms with van der Waals surface area (Å²) < 4.78 is 31.3. The number of piperidine rings is 2. The van der Waals surface area contributed by atoms with Gasteiger partial charge in [0.05, 0.1) is 12.4 Å². The lowest BCUT2D eigenvalue weighted by Crippen LogP contribution is -2.50. The van der Waals surface area contributed by atoms with E-state index in [1.807, 2.05) is 4.90 Å². The van der Waals surface area contributed by atoms with E-state index in [0.717, 1.165) is 66.7 Å². The summed E-state index contributed by atoms with van der Waals surface area (Å²) in [6, 6.07) is 6.26. The van der Waals surface area contributed by atoms with Gasteiger partial charge in [0, 0.05) is 20.0 Å². The molecule has 1 amide bonds. The second kappa shape index (κ2) is 14.4. The standard InChI is InChI=1S/C16H19FN2O.C10H17N.C6H4FNO2.C2H6.CH4/c1-9-11-4-10-5-12(6-11)15(9)19(8-10)16(20)14-3-2-13(17)7-18-14;1-6-8-2-7-3-9(4-8)10(6)11-5-7;7-4-1-2-5(6(9)10)8-3-4;1-2;/h2-3,7,9-12,15H,4-6,8H2,1H3;6-11H,2-5H2,1H3;1-3H,(H,9,10);1-2H3;1H4/t9-,10-,11+,12-,15-;6-,7-,8+,9-,10-;;;/m11.../s1/i;;;1D;. The van der Waals surface area contributed by atoms with Crippen LogP contribution >= 0.6 is 0 Å². The topological polar surface area (TPSA) is 95.4 Å². The van der Waals surface area contributed by atoms with Crippen LogP contribution in [0.25, 0.3) is 0 Å². The number of hydrogen-bond donors (Lipinski definition) is 2. The molecule has 0 aromatic carbocycles. The molecule has 44 heavy (non-hydrogen) atoms. The summed E-state index contributed by atoms with van der Waals surface area (Å²) in [6.07, 6.45) is 10.4. The van der Waals surface area contributed by atoms with Crippen molar-refractivity contribution < 1.29 is 24.8 Å². The summed E-state index contributed by atoms with van der Waals surface area (Å²) in [6.45, 7) is 9.22. The molecule has 2 aromatic rings. The van der Waals surface area contributed by atoms with Crippen molar-refractivity contribution >= 4 is 11.9 Å². The third kappa shape index (κ3) is 6.98. The van der Waals surface area contributed by atoms with Gasteiger partial charge in [0.25, 0.3) is 5.91 Å². The smallest absolute Gasteiger partial charge is 0.354 e. The van der Waals surface area contributed by atoms with Crippen LogP contribution in [0.3, 0.4) is 0 Å². The third-order valence-electron chi connectivity index (χ3n) is 10.9. The van der Waals surface area contributed by atoms with Crippen LogP contribution in [0, 0.1) is 59.0 Å². The Morgan fingerprint density at radius 2 is 1.41 bits per heavy atom. The highest BCUT2D eigenvalue weighted by Crippen LogP contribution is 2.54. The zero-order valence-electron chi connectivity index (χ0n) is 26.5. The van der Waals surface area contributed by atoms with Gasteiger partial charge in [0.2, 0.25) is 0 Å². The summed E-state index contributed by atoms with van der Waals surface area (Å²) in [7, 11) is 0. The molecule has 6 aliphatic rings. The third-order valence-corrected chi connectivity index (χ3v) is 10.9. The number of carbonyl (C=O) groups is 2. The summed E-state index contributed by atoms with van der Waals surface area (Å²) >= 11 is 0. The molecule has 4 saturated carbocycles. The van der Waals surface area contributed by atoms with Gasteiger partial charge in [0.1, 0.15) is 23.0 Å². The van der Waals surface area contributed by atoms with Gasteiger partial charge in [-0.3, -0.25) is 4.79 Å². The van der Waals surface area contributed by atoms with Crippen molar-refractivity contribution in [1.29, 1.82) is 0 Å². The lowest BCUT2D eigenvalue weighted by Gasteiger charge is -2.42. The predicted octanol–water partition coefficient (Wildman–Crippen LogP) is 6.95. The molecule has 6 fully saturated rings. The predicted molar refractivity (Wildman–Crippen MR) is 167 cm³/mol. The molecule has 2 saturated heterocycles. The average molecular weight is 614 g/mol. The van der Waals surface area contributed by atoms with Crippen LogP contribution in [0.1, 0.15) is 96.0 Å². The van der Waals surface area contributed by atoms with Crippen molar-refractivity contribution in [3.8, 4) is 0 Å². The van der Waals surface area contributed by atoms with E-state index in [4.69, 9.17) is 6.48 Å². The number of hydrogen-bond acceptors (Lipinski definition) is 5. The second-order valence-electron chi connectivity index (χ2n) is 13.3. The summed E-state index contributed by atoms with van der Waals surface area (Å²) in [4.78, 5) is 32.1. The number of aromatic nitrogens is 2. The molecule has 9 heteroatoms. The number of pyridine rings is 2. The molecule has 0 unspecified atom stereocenters. The van der Waals surface area contributed by atoms with Crippen LogP contribution in [-0.2, 0) is 0 Å². The Kier molecular flexibility index (Phi) is 10.7. The fourth-order valence-corrected chi connectivity index (χ4v) is 9.21. The summed E-state index contributed by atoms with van der Waals surface area (Å²) in [5, 5.41) is 12.0. The van der Waals surface area contributed by atoms with Crippen LogP contribution in [-0.4, -0.2) is 57.0 Å². The minimum atomic E-state index is -1.15. The van der Waals surface area contributed by atoms with Gasteiger partial charge in [-0.05, 0) is 117 Å². The van der Waals surface area contributed by atoms with E-state index in [9.17, 15) is 18.4 Å². The van der Waals surface area contributed by atoms with Crippen molar-refractivity contribution in [3.63, 3.8) is 0 Å². The fourth-order valence-electron chi connectivity index (χ4n) is 9.21. The lowest BCUT2D eigenvalue weighted by molar-refractivity contribution is 0.0376. The van der Waals surface area contributed by atoms with E-state index in [2.05, 4.69) is 29.1 Å². The number of likely N-dealkylation sites (tertiary alicyclic amines) is 1. The van der Waals surface area contributed by atoms with Gasteiger partial charge >= 0.3 is 5.97 Å². The van der Waals surface area contributed by atoms with E-state index in [0.29, 0.717) is 36.4 Å². The maximum absolute atomic E-state index is 13.0. The molecule has 7 nitrogen and oxygen atoms in total. The van der Waals surface area contributed by atoms with Gasteiger partial charge in [-0.2, -0.15) is 0 Å². The first kappa shape index (κ1) is 32.5. The first-order valence-electron chi connectivity index (χ1n) is 16.6. The highest BCUT2D eigenvalue weighted by atomic mass is 19.1. The average Bonchev–Trinajstić information content (AvgIpc) is 3.26. The molecule has 0 spiro atoms. The molecule has 8 rings (SSSR count). The van der Waals surface area contributed by atoms with E-state index in [1.165, 1.54) is 50.8 Å². The van der Waals surface area contributed by atoms with Gasteiger partial charge in [0.15, 0.2) is 0 Å². The van der Waals surface area contributed by atoms with Crippen molar-refractivity contribution in [3.05, 3.63) is 59.7 Å². The van der Waals surface area contributed by atoms with Gasteiger partial charge in [-0.25, -0.2) is 23.5 Å². The van der Waals surface area contributed by atoms with E-state index in [1.54, 1.807) is 13.3 Å².